The van der Waals surface area contributed by atoms with E-state index in [-0.39, 0.29) is 35.7 Å². The quantitative estimate of drug-likeness (QED) is 0.183. The van der Waals surface area contributed by atoms with Crippen LogP contribution in [0, 0.1) is 10.8 Å². The fourth-order valence-corrected chi connectivity index (χ4v) is 6.76. The van der Waals surface area contributed by atoms with Gasteiger partial charge in [-0.15, -0.1) is 0 Å². The van der Waals surface area contributed by atoms with E-state index in [1.54, 1.807) is 29.1 Å². The Balaban J connectivity index is 0.988. The van der Waals surface area contributed by atoms with Gasteiger partial charge in [0.25, 0.3) is 0 Å². The van der Waals surface area contributed by atoms with Gasteiger partial charge in [-0.3, -0.25) is 20.0 Å². The number of nitrogens with one attached hydrogen (secondary N) is 4. The van der Waals surface area contributed by atoms with Crippen molar-refractivity contribution in [1.82, 2.24) is 25.5 Å². The minimum absolute atomic E-state index is 0.0260. The van der Waals surface area contributed by atoms with Crippen molar-refractivity contribution in [1.29, 1.82) is 5.41 Å². The Kier molecular flexibility index (Phi) is 5.81. The molecular weight excluding hydrogens is 524 g/mol. The van der Waals surface area contributed by atoms with Crippen molar-refractivity contribution in [2.45, 2.75) is 48.2 Å². The van der Waals surface area contributed by atoms with Gasteiger partial charge in [0, 0.05) is 40.6 Å². The van der Waals surface area contributed by atoms with E-state index < -0.39 is 6.04 Å². The molecule has 0 spiro atoms. The van der Waals surface area contributed by atoms with Gasteiger partial charge >= 0.3 is 0 Å². The molecule has 2 aromatic carbocycles. The van der Waals surface area contributed by atoms with Crippen LogP contribution in [0.15, 0.2) is 76.8 Å². The average Bonchev–Trinajstić information content (AvgIpc) is 3.30. The maximum atomic E-state index is 13.4. The number of amides is 2. The summed E-state index contributed by atoms with van der Waals surface area (Å²) < 4.78 is 6.05. The number of nitrogens with zero attached hydrogens (tertiary/aromatic N) is 2. The van der Waals surface area contributed by atoms with Crippen molar-refractivity contribution >= 4 is 40.3 Å². The number of carbonyl (C=O) groups excluding carboxylic acids is 2. The van der Waals surface area contributed by atoms with Gasteiger partial charge in [0.2, 0.25) is 11.8 Å². The first-order chi connectivity index (χ1) is 19.4. The number of H-pyrrole nitrogens is 1. The van der Waals surface area contributed by atoms with Crippen molar-refractivity contribution < 1.29 is 14.3 Å². The lowest BCUT2D eigenvalue weighted by atomic mass is 10.0. The molecule has 4 aromatic rings. The molecule has 3 aliphatic rings. The molecular formula is C30H28N6O3S. The number of likely N-dealkylation sites (tertiary alicyclic amines) is 1. The zero-order valence-electron chi connectivity index (χ0n) is 21.9. The number of para-hydroxylation sites is 1. The van der Waals surface area contributed by atoms with Crippen LogP contribution in [-0.2, 0) is 16.1 Å². The summed E-state index contributed by atoms with van der Waals surface area (Å²) in [5, 5.41) is 15.5. The maximum absolute atomic E-state index is 13.4. The summed E-state index contributed by atoms with van der Waals surface area (Å²) in [6, 6.07) is 16.9. The van der Waals surface area contributed by atoms with E-state index in [0.717, 1.165) is 38.6 Å². The van der Waals surface area contributed by atoms with Gasteiger partial charge < -0.3 is 25.3 Å². The number of carbonyl (C=O) groups is 2. The van der Waals surface area contributed by atoms with E-state index in [1.807, 2.05) is 54.6 Å². The van der Waals surface area contributed by atoms with Crippen molar-refractivity contribution in [2.24, 2.45) is 5.41 Å². The molecule has 0 bridgehead atoms. The first-order valence-corrected chi connectivity index (χ1v) is 14.1. The molecule has 0 unspecified atom stereocenters. The van der Waals surface area contributed by atoms with Crippen LogP contribution in [0.1, 0.15) is 31.0 Å². The number of aromatic nitrogens is 2. The summed E-state index contributed by atoms with van der Waals surface area (Å²) in [6.07, 6.45) is 5.05. The van der Waals surface area contributed by atoms with Crippen LogP contribution in [0.2, 0.25) is 0 Å². The third kappa shape index (κ3) is 4.38. The highest BCUT2D eigenvalue weighted by Gasteiger charge is 2.64. The fraction of sp³-hybridized carbons (Fsp3) is 0.267. The molecule has 9 nitrogen and oxygen atoms in total. The summed E-state index contributed by atoms with van der Waals surface area (Å²) in [5.41, 5.74) is 2.46. The van der Waals surface area contributed by atoms with Crippen molar-refractivity contribution in [2.75, 3.05) is 6.54 Å². The topological polar surface area (TPSA) is 123 Å². The van der Waals surface area contributed by atoms with E-state index in [2.05, 4.69) is 27.5 Å². The Morgan fingerprint density at radius 1 is 1.12 bits per heavy atom. The van der Waals surface area contributed by atoms with E-state index >= 15 is 0 Å². The molecule has 10 heteroatoms. The largest absolute Gasteiger partial charge is 0.455 e. The Bertz CT molecular complexity index is 1650. The number of amidine groups is 1. The first-order valence-electron chi connectivity index (χ1n) is 13.3. The van der Waals surface area contributed by atoms with Gasteiger partial charge in [0.1, 0.15) is 23.4 Å². The second-order valence-corrected chi connectivity index (χ2v) is 12.0. The average molecular weight is 553 g/mol. The van der Waals surface area contributed by atoms with Crippen LogP contribution in [0.4, 0.5) is 0 Å². The third-order valence-electron chi connectivity index (χ3n) is 8.09. The van der Waals surface area contributed by atoms with Crippen LogP contribution in [0.5, 0.6) is 11.5 Å². The predicted molar refractivity (Wildman–Crippen MR) is 152 cm³/mol. The fourth-order valence-electron chi connectivity index (χ4n) is 5.83. The molecule has 202 valence electrons. The highest BCUT2D eigenvalue weighted by atomic mass is 32.2. The molecule has 4 N–H and O–H groups in total. The van der Waals surface area contributed by atoms with Gasteiger partial charge in [-0.05, 0) is 60.7 Å². The number of piperidine rings is 1. The number of benzene rings is 2. The zero-order chi connectivity index (χ0) is 27.4. The highest BCUT2D eigenvalue weighted by Crippen LogP contribution is 2.59. The summed E-state index contributed by atoms with van der Waals surface area (Å²) in [6.45, 7) is 2.42. The summed E-state index contributed by atoms with van der Waals surface area (Å²) >= 11 is 1.63. The van der Waals surface area contributed by atoms with E-state index in [1.165, 1.54) is 0 Å². The Morgan fingerprint density at radius 3 is 2.85 bits per heavy atom. The molecule has 2 amide bonds. The van der Waals surface area contributed by atoms with Crippen LogP contribution in [0.25, 0.3) is 10.9 Å². The zero-order valence-corrected chi connectivity index (χ0v) is 22.7. The molecule has 0 radical (unpaired) electrons. The SMILES string of the molecule is C[C@@]12C[C@@H]1N(C(=O)CNC(=N)c1ccc3c(c1)Oc1ccccc1S3)[C@H](C(=O)NCc1cc3cnccc3[nH]1)C2. The number of hydrogen-bond acceptors (Lipinski definition) is 6. The van der Waals surface area contributed by atoms with E-state index in [9.17, 15) is 9.59 Å². The monoisotopic (exact) mass is 552 g/mol. The lowest BCUT2D eigenvalue weighted by Crippen LogP contribution is -2.50. The van der Waals surface area contributed by atoms with E-state index in [4.69, 9.17) is 10.1 Å². The number of rotatable bonds is 6. The normalized spacial score (nSPS) is 22.1. The van der Waals surface area contributed by atoms with Crippen LogP contribution < -0.4 is 15.4 Å². The lowest BCUT2D eigenvalue weighted by molar-refractivity contribution is -0.139. The Morgan fingerprint density at radius 2 is 1.98 bits per heavy atom. The smallest absolute Gasteiger partial charge is 0.243 e. The third-order valence-corrected chi connectivity index (χ3v) is 9.21. The van der Waals surface area contributed by atoms with Crippen LogP contribution in [0.3, 0.4) is 0 Å². The standard InChI is InChI=1S/C30H28N6O3S/c1-30-12-21(29(38)34-15-19-10-18-14-32-9-8-20(18)35-19)36(26(30)13-30)27(37)16-33-28(31)17-6-7-25-23(11-17)39-22-4-2-3-5-24(22)40-25/h2-11,14,21,26,35H,12-13,15-16H2,1H3,(H2,31,33)(H,34,38)/t21-,26-,30+/m0/s1. The van der Waals surface area contributed by atoms with Gasteiger partial charge in [-0.2, -0.15) is 0 Å². The molecule has 2 fully saturated rings. The van der Waals surface area contributed by atoms with Crippen LogP contribution >= 0.6 is 11.8 Å². The minimum Gasteiger partial charge on any atom is -0.455 e. The van der Waals surface area contributed by atoms with Crippen LogP contribution in [-0.4, -0.2) is 51.1 Å². The predicted octanol–water partition coefficient (Wildman–Crippen LogP) is 4.43. The second kappa shape index (κ2) is 9.41. The van der Waals surface area contributed by atoms with Crippen molar-refractivity contribution in [3.8, 4) is 11.5 Å². The number of pyridine rings is 1. The molecule has 2 aliphatic heterocycles. The van der Waals surface area contributed by atoms with Gasteiger partial charge in [0.15, 0.2) is 0 Å². The number of fused-ring (bicyclic) bond motifs is 4. The molecule has 40 heavy (non-hydrogen) atoms. The minimum atomic E-state index is -0.521. The second-order valence-electron chi connectivity index (χ2n) is 10.9. The molecule has 1 saturated carbocycles. The Labute approximate surface area is 235 Å². The number of aromatic amines is 1. The first kappa shape index (κ1) is 24.7. The summed E-state index contributed by atoms with van der Waals surface area (Å²) in [7, 11) is 0. The molecule has 1 saturated heterocycles. The van der Waals surface area contributed by atoms with E-state index in [0.29, 0.717) is 24.3 Å². The summed E-state index contributed by atoms with van der Waals surface area (Å²) in [5.74, 6) is 1.29. The van der Waals surface area contributed by atoms with Crippen molar-refractivity contribution in [3.05, 3.63) is 78.2 Å². The van der Waals surface area contributed by atoms with Gasteiger partial charge in [-0.1, -0.05) is 30.8 Å². The number of hydrogen-bond donors (Lipinski definition) is 4. The molecule has 4 heterocycles. The molecule has 2 aromatic heterocycles. The van der Waals surface area contributed by atoms with Crippen molar-refractivity contribution in [3.63, 3.8) is 0 Å². The number of ether oxygens (including phenoxy) is 1. The highest BCUT2D eigenvalue weighted by molar-refractivity contribution is 7.99. The van der Waals surface area contributed by atoms with Gasteiger partial charge in [-0.25, -0.2) is 0 Å². The molecule has 1 aliphatic carbocycles. The Hall–Kier alpha value is -4.31. The summed E-state index contributed by atoms with van der Waals surface area (Å²) in [4.78, 5) is 37.8. The van der Waals surface area contributed by atoms with Gasteiger partial charge in [0.05, 0.1) is 22.9 Å². The molecule has 3 atom stereocenters. The molecule has 7 rings (SSSR count). The maximum Gasteiger partial charge on any atom is 0.243 e. The lowest BCUT2D eigenvalue weighted by Gasteiger charge is -2.27.